The molecule has 0 radical (unpaired) electrons. The zero-order chi connectivity index (χ0) is 34.4. The quantitative estimate of drug-likeness (QED) is 0.177. The second-order valence-electron chi connectivity index (χ2n) is 13.2. The van der Waals surface area contributed by atoms with Gasteiger partial charge in [0, 0.05) is 39.2 Å². The summed E-state index contributed by atoms with van der Waals surface area (Å²) in [5.41, 5.74) is 12.6. The van der Waals surface area contributed by atoms with Crippen LogP contribution in [0.25, 0.3) is 77.1 Å². The highest BCUT2D eigenvalue weighted by molar-refractivity contribution is 6.09. The highest BCUT2D eigenvalue weighted by atomic mass is 16.3. The van der Waals surface area contributed by atoms with Crippen molar-refractivity contribution < 1.29 is 4.42 Å². The third kappa shape index (κ3) is 5.10. The lowest BCUT2D eigenvalue weighted by Crippen LogP contribution is -2.11. The monoisotopic (exact) mass is 664 g/mol. The van der Waals surface area contributed by atoms with Crippen molar-refractivity contribution in [1.82, 2.24) is 4.98 Å². The van der Waals surface area contributed by atoms with Crippen LogP contribution in [-0.2, 0) is 0 Å². The minimum Gasteiger partial charge on any atom is -0.438 e. The van der Waals surface area contributed by atoms with Crippen molar-refractivity contribution >= 4 is 60.8 Å². The molecule has 0 N–H and O–H groups in total. The largest absolute Gasteiger partial charge is 0.438 e. The normalized spacial score (nSPS) is 11.5. The van der Waals surface area contributed by atoms with Gasteiger partial charge in [-0.15, -0.1) is 0 Å². The molecule has 52 heavy (non-hydrogen) atoms. The Morgan fingerprint density at radius 2 is 1.00 bits per heavy atom. The fourth-order valence-corrected chi connectivity index (χ4v) is 7.62. The van der Waals surface area contributed by atoms with Crippen molar-refractivity contribution in [1.29, 1.82) is 0 Å². The van der Waals surface area contributed by atoms with Crippen LogP contribution >= 0.6 is 0 Å². The van der Waals surface area contributed by atoms with Gasteiger partial charge in [-0.25, -0.2) is 4.98 Å². The van der Waals surface area contributed by atoms with Crippen LogP contribution < -0.4 is 4.90 Å². The predicted octanol–water partition coefficient (Wildman–Crippen LogP) is 13.8. The molecule has 0 fully saturated rings. The van der Waals surface area contributed by atoms with E-state index in [1.807, 2.05) is 18.2 Å². The van der Waals surface area contributed by atoms with Gasteiger partial charge in [0.05, 0.1) is 11.2 Å². The van der Waals surface area contributed by atoms with Crippen LogP contribution in [0, 0.1) is 0 Å². The van der Waals surface area contributed by atoms with E-state index in [0.717, 1.165) is 61.0 Å². The summed E-state index contributed by atoms with van der Waals surface area (Å²) in [5, 5.41) is 5.62. The van der Waals surface area contributed by atoms with E-state index in [9.17, 15) is 0 Å². The maximum Gasteiger partial charge on any atom is 0.227 e. The third-order valence-corrected chi connectivity index (χ3v) is 10.1. The summed E-state index contributed by atoms with van der Waals surface area (Å²) in [6, 6.07) is 68.9. The van der Waals surface area contributed by atoms with Crippen LogP contribution in [-0.4, -0.2) is 4.98 Å². The van der Waals surface area contributed by atoms with Crippen molar-refractivity contribution in [3.05, 3.63) is 194 Å². The maximum atomic E-state index is 6.49. The van der Waals surface area contributed by atoms with Crippen LogP contribution in [0.3, 0.4) is 0 Å². The van der Waals surface area contributed by atoms with Gasteiger partial charge in [-0.1, -0.05) is 146 Å². The van der Waals surface area contributed by atoms with Gasteiger partial charge in [0.1, 0.15) is 5.58 Å². The topological polar surface area (TPSA) is 29.3 Å². The number of furan rings is 1. The summed E-state index contributed by atoms with van der Waals surface area (Å²) in [7, 11) is 0. The fraction of sp³-hybridized carbons (Fsp3) is 0. The lowest BCUT2D eigenvalue weighted by atomic mass is 9.92. The molecule has 2 aromatic heterocycles. The molecule has 0 aliphatic rings. The number of pyridine rings is 1. The molecule has 3 heteroatoms. The highest BCUT2D eigenvalue weighted by Gasteiger charge is 2.20. The first-order valence-electron chi connectivity index (χ1n) is 17.6. The van der Waals surface area contributed by atoms with Crippen LogP contribution in [0.1, 0.15) is 0 Å². The predicted molar refractivity (Wildman–Crippen MR) is 218 cm³/mol. The Bertz CT molecular complexity index is 2910. The summed E-state index contributed by atoms with van der Waals surface area (Å²) < 4.78 is 6.49. The number of hydrogen-bond acceptors (Lipinski definition) is 3. The number of benzene rings is 8. The Labute approximate surface area is 301 Å². The molecule has 0 saturated heterocycles. The summed E-state index contributed by atoms with van der Waals surface area (Å²) in [6.45, 7) is 0. The van der Waals surface area contributed by atoms with Crippen LogP contribution in [0.5, 0.6) is 0 Å². The van der Waals surface area contributed by atoms with Gasteiger partial charge in [0.2, 0.25) is 5.71 Å². The number of rotatable bonds is 6. The minimum atomic E-state index is 0.648. The van der Waals surface area contributed by atoms with Gasteiger partial charge in [-0.05, 0) is 81.1 Å². The smallest absolute Gasteiger partial charge is 0.227 e. The average molecular weight is 665 g/mol. The molecule has 2 heterocycles. The Kier molecular flexibility index (Phi) is 7.14. The van der Waals surface area contributed by atoms with Crippen LogP contribution in [0.2, 0.25) is 0 Å². The summed E-state index contributed by atoms with van der Waals surface area (Å²) in [6.07, 6.45) is 0. The van der Waals surface area contributed by atoms with Gasteiger partial charge in [0.15, 0.2) is 0 Å². The van der Waals surface area contributed by atoms with E-state index >= 15 is 0 Å². The molecule has 0 bridgehead atoms. The van der Waals surface area contributed by atoms with Crippen molar-refractivity contribution in [2.75, 3.05) is 4.90 Å². The van der Waals surface area contributed by atoms with Crippen molar-refractivity contribution in [2.24, 2.45) is 0 Å². The van der Waals surface area contributed by atoms with Gasteiger partial charge in [-0.2, -0.15) is 0 Å². The SMILES string of the molecule is c1ccc(-c2ccccc2N(c2cccc(-c3ccc(-c4ccccc4)c4ccccc34)c2)c2ccc3c(c2)oc2nc4ccccc4cc23)cc1. The summed E-state index contributed by atoms with van der Waals surface area (Å²) >= 11 is 0. The van der Waals surface area contributed by atoms with Gasteiger partial charge in [0.25, 0.3) is 0 Å². The van der Waals surface area contributed by atoms with E-state index in [0.29, 0.717) is 5.71 Å². The molecular formula is C49H32N2O. The first-order chi connectivity index (χ1) is 25.8. The maximum absolute atomic E-state index is 6.49. The molecule has 0 aliphatic heterocycles. The summed E-state index contributed by atoms with van der Waals surface area (Å²) in [4.78, 5) is 7.22. The molecule has 0 unspecified atom stereocenters. The van der Waals surface area contributed by atoms with Crippen LogP contribution in [0.4, 0.5) is 17.1 Å². The molecule has 10 rings (SSSR count). The zero-order valence-electron chi connectivity index (χ0n) is 28.3. The van der Waals surface area contributed by atoms with Crippen molar-refractivity contribution in [3.63, 3.8) is 0 Å². The molecule has 0 saturated carbocycles. The third-order valence-electron chi connectivity index (χ3n) is 10.1. The Hall–Kier alpha value is -6.97. The number of fused-ring (bicyclic) bond motifs is 5. The molecule has 0 atom stereocenters. The van der Waals surface area contributed by atoms with Crippen molar-refractivity contribution in [3.8, 4) is 33.4 Å². The number of hydrogen-bond donors (Lipinski definition) is 0. The summed E-state index contributed by atoms with van der Waals surface area (Å²) in [5.74, 6) is 0. The second kappa shape index (κ2) is 12.4. The first-order valence-corrected chi connectivity index (χ1v) is 17.6. The van der Waals surface area contributed by atoms with Gasteiger partial charge >= 0.3 is 0 Å². The number of nitrogens with zero attached hydrogens (tertiary/aromatic N) is 2. The number of para-hydroxylation sites is 2. The minimum absolute atomic E-state index is 0.648. The number of aromatic nitrogens is 1. The van der Waals surface area contributed by atoms with Gasteiger partial charge < -0.3 is 9.32 Å². The Balaban J connectivity index is 1.17. The van der Waals surface area contributed by atoms with Crippen LogP contribution in [0.15, 0.2) is 199 Å². The van der Waals surface area contributed by atoms with E-state index in [-0.39, 0.29) is 0 Å². The molecule has 10 aromatic rings. The highest BCUT2D eigenvalue weighted by Crippen LogP contribution is 2.44. The first kappa shape index (κ1) is 29.9. The standard InChI is InChI=1S/C49H32N2O/c1-3-14-33(15-4-1)39-28-29-40(43-23-9-8-22-42(39)43)35-19-13-20-37(30-35)51(47-25-12-10-21-41(47)34-16-5-2-6-17-34)38-26-27-44-45-31-36-18-7-11-24-46(36)50-49(45)52-48(44)32-38/h1-32H. The van der Waals surface area contributed by atoms with E-state index in [4.69, 9.17) is 9.40 Å². The van der Waals surface area contributed by atoms with E-state index in [1.165, 1.54) is 27.5 Å². The van der Waals surface area contributed by atoms with E-state index in [1.54, 1.807) is 0 Å². The van der Waals surface area contributed by atoms with Gasteiger partial charge in [-0.3, -0.25) is 0 Å². The molecular weight excluding hydrogens is 633 g/mol. The second-order valence-corrected chi connectivity index (χ2v) is 13.2. The average Bonchev–Trinajstić information content (AvgIpc) is 3.57. The van der Waals surface area contributed by atoms with E-state index < -0.39 is 0 Å². The molecule has 244 valence electrons. The Morgan fingerprint density at radius 1 is 0.385 bits per heavy atom. The molecule has 8 aromatic carbocycles. The lowest BCUT2D eigenvalue weighted by molar-refractivity contribution is 0.656. The van der Waals surface area contributed by atoms with E-state index in [2.05, 4.69) is 181 Å². The zero-order valence-corrected chi connectivity index (χ0v) is 28.3. The Morgan fingerprint density at radius 3 is 1.79 bits per heavy atom. The molecule has 3 nitrogen and oxygen atoms in total. The molecule has 0 amide bonds. The number of anilines is 3. The molecule has 0 aliphatic carbocycles. The lowest BCUT2D eigenvalue weighted by Gasteiger charge is -2.28. The van der Waals surface area contributed by atoms with Crippen molar-refractivity contribution in [2.45, 2.75) is 0 Å². The fourth-order valence-electron chi connectivity index (χ4n) is 7.62. The molecule has 0 spiro atoms.